The second kappa shape index (κ2) is 8.17. The zero-order chi connectivity index (χ0) is 15.8. The molecule has 0 spiro atoms. The topological polar surface area (TPSA) is 45.2 Å². The Morgan fingerprint density at radius 3 is 2.59 bits per heavy atom. The van der Waals surface area contributed by atoms with Gasteiger partial charge in [0, 0.05) is 20.1 Å². The first-order valence-corrected chi connectivity index (χ1v) is 7.70. The Balaban J connectivity index is 1.90. The Bertz CT molecular complexity index is 581. The number of carbonyl (C=O) groups is 1. The number of pyridine rings is 1. The molecule has 4 heteroatoms. The van der Waals surface area contributed by atoms with Crippen LogP contribution in [0.4, 0.5) is 5.69 Å². The fraction of sp³-hybridized carbons (Fsp3) is 0.333. The van der Waals surface area contributed by atoms with E-state index in [2.05, 4.69) is 22.1 Å². The zero-order valence-corrected chi connectivity index (χ0v) is 13.2. The summed E-state index contributed by atoms with van der Waals surface area (Å²) in [6.45, 7) is 3.68. The van der Waals surface area contributed by atoms with Crippen molar-refractivity contribution in [3.63, 3.8) is 0 Å². The molecule has 1 N–H and O–H groups in total. The molecule has 2 aromatic rings. The van der Waals surface area contributed by atoms with Gasteiger partial charge in [0.15, 0.2) is 0 Å². The minimum absolute atomic E-state index is 0.147. The lowest BCUT2D eigenvalue weighted by Gasteiger charge is -2.18. The van der Waals surface area contributed by atoms with Crippen LogP contribution in [0.2, 0.25) is 0 Å². The third-order valence-corrected chi connectivity index (χ3v) is 3.56. The number of nitrogens with zero attached hydrogens (tertiary/aromatic N) is 2. The average Bonchev–Trinajstić information content (AvgIpc) is 2.58. The molecular weight excluding hydrogens is 274 g/mol. The summed E-state index contributed by atoms with van der Waals surface area (Å²) >= 11 is 0. The van der Waals surface area contributed by atoms with E-state index in [0.717, 1.165) is 30.6 Å². The van der Waals surface area contributed by atoms with Crippen molar-refractivity contribution in [3.05, 3.63) is 59.9 Å². The number of aromatic nitrogens is 1. The van der Waals surface area contributed by atoms with Crippen LogP contribution in [0.1, 0.15) is 35.8 Å². The summed E-state index contributed by atoms with van der Waals surface area (Å²) in [5, 5.41) is 2.88. The third-order valence-electron chi connectivity index (χ3n) is 3.56. The fourth-order valence-electron chi connectivity index (χ4n) is 2.14. The number of anilines is 1. The Morgan fingerprint density at radius 1 is 1.18 bits per heavy atom. The molecule has 0 saturated carbocycles. The van der Waals surface area contributed by atoms with Crippen molar-refractivity contribution >= 4 is 11.6 Å². The van der Waals surface area contributed by atoms with Gasteiger partial charge in [-0.25, -0.2) is 4.98 Å². The van der Waals surface area contributed by atoms with Crippen LogP contribution in [-0.4, -0.2) is 24.5 Å². The summed E-state index contributed by atoms with van der Waals surface area (Å²) in [6.07, 6.45) is 4.07. The number of carbonyl (C=O) groups excluding carboxylic acids is 1. The van der Waals surface area contributed by atoms with E-state index in [-0.39, 0.29) is 5.91 Å². The van der Waals surface area contributed by atoms with Gasteiger partial charge in [-0.2, -0.15) is 0 Å². The molecule has 1 aromatic heterocycles. The van der Waals surface area contributed by atoms with Crippen molar-refractivity contribution in [1.29, 1.82) is 0 Å². The summed E-state index contributed by atoms with van der Waals surface area (Å²) in [5.41, 5.74) is 2.56. The monoisotopic (exact) mass is 297 g/mol. The lowest BCUT2D eigenvalue weighted by atomic mass is 10.2. The van der Waals surface area contributed by atoms with Gasteiger partial charge in [0.05, 0.1) is 11.9 Å². The van der Waals surface area contributed by atoms with Gasteiger partial charge in [0.1, 0.15) is 5.69 Å². The predicted molar refractivity (Wildman–Crippen MR) is 90.0 cm³/mol. The molecule has 0 aliphatic carbocycles. The minimum atomic E-state index is -0.147. The van der Waals surface area contributed by atoms with E-state index in [9.17, 15) is 4.79 Å². The molecule has 0 saturated heterocycles. The molecule has 0 atom stereocenters. The Hall–Kier alpha value is -2.36. The highest BCUT2D eigenvalue weighted by atomic mass is 16.1. The van der Waals surface area contributed by atoms with E-state index in [4.69, 9.17) is 0 Å². The molecule has 0 bridgehead atoms. The van der Waals surface area contributed by atoms with Gasteiger partial charge in [-0.05, 0) is 24.1 Å². The van der Waals surface area contributed by atoms with Crippen LogP contribution in [-0.2, 0) is 6.54 Å². The highest BCUT2D eigenvalue weighted by molar-refractivity contribution is 5.92. The molecule has 1 aromatic carbocycles. The third kappa shape index (κ3) is 4.58. The van der Waals surface area contributed by atoms with E-state index >= 15 is 0 Å². The molecule has 0 aliphatic heterocycles. The number of hydrogen-bond donors (Lipinski definition) is 1. The molecule has 4 nitrogen and oxygen atoms in total. The molecule has 1 heterocycles. The van der Waals surface area contributed by atoms with Crippen molar-refractivity contribution in [3.8, 4) is 0 Å². The Labute approximate surface area is 132 Å². The SMILES string of the molecule is CCCCN(C)c1ccc(C(=O)NCc2ccccc2)nc1. The maximum Gasteiger partial charge on any atom is 0.270 e. The number of hydrogen-bond acceptors (Lipinski definition) is 3. The smallest absolute Gasteiger partial charge is 0.270 e. The fourth-order valence-corrected chi connectivity index (χ4v) is 2.14. The highest BCUT2D eigenvalue weighted by Crippen LogP contribution is 2.12. The molecule has 0 unspecified atom stereocenters. The number of amides is 1. The number of unbranched alkanes of at least 4 members (excludes halogenated alkanes) is 1. The van der Waals surface area contributed by atoms with Gasteiger partial charge < -0.3 is 10.2 Å². The van der Waals surface area contributed by atoms with Gasteiger partial charge >= 0.3 is 0 Å². The summed E-state index contributed by atoms with van der Waals surface area (Å²) in [4.78, 5) is 18.5. The van der Waals surface area contributed by atoms with E-state index in [1.54, 1.807) is 12.3 Å². The molecule has 2 rings (SSSR count). The molecule has 0 radical (unpaired) electrons. The summed E-state index contributed by atoms with van der Waals surface area (Å²) in [5.74, 6) is -0.147. The summed E-state index contributed by atoms with van der Waals surface area (Å²) in [6, 6.07) is 13.6. The van der Waals surface area contributed by atoms with Crippen LogP contribution in [0.15, 0.2) is 48.7 Å². The van der Waals surface area contributed by atoms with E-state index < -0.39 is 0 Å². The van der Waals surface area contributed by atoms with Gasteiger partial charge in [0.25, 0.3) is 5.91 Å². The normalized spacial score (nSPS) is 10.3. The second-order valence-corrected chi connectivity index (χ2v) is 5.35. The van der Waals surface area contributed by atoms with E-state index in [0.29, 0.717) is 12.2 Å². The van der Waals surface area contributed by atoms with Crippen LogP contribution < -0.4 is 10.2 Å². The molecular formula is C18H23N3O. The minimum Gasteiger partial charge on any atom is -0.373 e. The number of nitrogens with one attached hydrogen (secondary N) is 1. The van der Waals surface area contributed by atoms with Crippen molar-refractivity contribution in [2.24, 2.45) is 0 Å². The van der Waals surface area contributed by atoms with E-state index in [1.807, 2.05) is 43.4 Å². The van der Waals surface area contributed by atoms with Gasteiger partial charge in [-0.1, -0.05) is 43.7 Å². The van der Waals surface area contributed by atoms with Crippen LogP contribution in [0, 0.1) is 0 Å². The molecule has 0 fully saturated rings. The highest BCUT2D eigenvalue weighted by Gasteiger charge is 2.08. The largest absolute Gasteiger partial charge is 0.373 e. The van der Waals surface area contributed by atoms with Crippen LogP contribution >= 0.6 is 0 Å². The maximum absolute atomic E-state index is 12.1. The van der Waals surface area contributed by atoms with Crippen LogP contribution in [0.5, 0.6) is 0 Å². The maximum atomic E-state index is 12.1. The predicted octanol–water partition coefficient (Wildman–Crippen LogP) is 3.25. The number of rotatable bonds is 7. The Kier molecular flexibility index (Phi) is 5.95. The average molecular weight is 297 g/mol. The summed E-state index contributed by atoms with van der Waals surface area (Å²) in [7, 11) is 2.04. The summed E-state index contributed by atoms with van der Waals surface area (Å²) < 4.78 is 0. The van der Waals surface area contributed by atoms with Crippen LogP contribution in [0.25, 0.3) is 0 Å². The van der Waals surface area contributed by atoms with Gasteiger partial charge in [0.2, 0.25) is 0 Å². The molecule has 0 aliphatic rings. The standard InChI is InChI=1S/C18H23N3O/c1-3-4-12-21(2)16-10-11-17(19-14-16)18(22)20-13-15-8-6-5-7-9-15/h5-11,14H,3-4,12-13H2,1-2H3,(H,20,22). The zero-order valence-electron chi connectivity index (χ0n) is 13.2. The van der Waals surface area contributed by atoms with Crippen molar-refractivity contribution in [2.75, 3.05) is 18.5 Å². The second-order valence-electron chi connectivity index (χ2n) is 5.35. The van der Waals surface area contributed by atoms with Crippen molar-refractivity contribution in [1.82, 2.24) is 10.3 Å². The first-order valence-electron chi connectivity index (χ1n) is 7.70. The van der Waals surface area contributed by atoms with Gasteiger partial charge in [-0.3, -0.25) is 4.79 Å². The van der Waals surface area contributed by atoms with E-state index in [1.165, 1.54) is 0 Å². The first-order chi connectivity index (χ1) is 10.7. The lowest BCUT2D eigenvalue weighted by molar-refractivity contribution is 0.0946. The number of benzene rings is 1. The quantitative estimate of drug-likeness (QED) is 0.853. The lowest BCUT2D eigenvalue weighted by Crippen LogP contribution is -2.24. The first kappa shape index (κ1) is 16.0. The molecule has 1 amide bonds. The van der Waals surface area contributed by atoms with Gasteiger partial charge in [-0.15, -0.1) is 0 Å². The van der Waals surface area contributed by atoms with Crippen molar-refractivity contribution < 1.29 is 4.79 Å². The van der Waals surface area contributed by atoms with Crippen molar-refractivity contribution in [2.45, 2.75) is 26.3 Å². The molecule has 22 heavy (non-hydrogen) atoms. The molecule has 116 valence electrons. The Morgan fingerprint density at radius 2 is 1.95 bits per heavy atom. The van der Waals surface area contributed by atoms with Crippen LogP contribution in [0.3, 0.4) is 0 Å².